The molecule has 0 aliphatic carbocycles. The van der Waals surface area contributed by atoms with E-state index in [1.165, 1.54) is 206 Å². The summed E-state index contributed by atoms with van der Waals surface area (Å²) < 4.78 is 0. The van der Waals surface area contributed by atoms with Crippen LogP contribution in [0.3, 0.4) is 0 Å². The predicted octanol–water partition coefficient (Wildman–Crippen LogP) is 13.2. The number of hydrogen-bond donors (Lipinski definition) is 0. The average molecular weight is 561 g/mol. The van der Waals surface area contributed by atoms with Gasteiger partial charge in [0.05, 0.1) is 0 Å². The standard InChI is InChI=1S/C38H76N2/c1-4-7-10-12-14-16-18-20-21-23-25-27-29-32-35-40-37-36-39(34-31-9-6-3)38(40)33-30-28-26-24-22-19-17-15-13-11-8-5-2/h36-38H,4-35H2,1-3H3. The summed E-state index contributed by atoms with van der Waals surface area (Å²) in [7, 11) is 0. The van der Waals surface area contributed by atoms with Crippen molar-refractivity contribution in [1.29, 1.82) is 0 Å². The van der Waals surface area contributed by atoms with Crippen molar-refractivity contribution in [2.75, 3.05) is 13.1 Å². The van der Waals surface area contributed by atoms with Crippen LogP contribution in [0.15, 0.2) is 12.4 Å². The molecule has 2 nitrogen and oxygen atoms in total. The third kappa shape index (κ3) is 22.0. The van der Waals surface area contributed by atoms with Crippen LogP contribution in [0.5, 0.6) is 0 Å². The van der Waals surface area contributed by atoms with E-state index in [4.69, 9.17) is 0 Å². The molecule has 238 valence electrons. The molecular formula is C38H76N2. The van der Waals surface area contributed by atoms with E-state index in [-0.39, 0.29) is 0 Å². The Balaban J connectivity index is 2.09. The van der Waals surface area contributed by atoms with E-state index in [0.29, 0.717) is 6.17 Å². The summed E-state index contributed by atoms with van der Waals surface area (Å²) in [6.07, 6.45) is 48.5. The molecule has 1 aliphatic rings. The first-order valence-corrected chi connectivity index (χ1v) is 19.0. The van der Waals surface area contributed by atoms with Crippen molar-refractivity contribution in [2.24, 2.45) is 0 Å². The molecule has 0 saturated heterocycles. The van der Waals surface area contributed by atoms with Crippen LogP contribution in [0, 0.1) is 0 Å². The van der Waals surface area contributed by atoms with Gasteiger partial charge in [0.15, 0.2) is 0 Å². The highest BCUT2D eigenvalue weighted by atomic mass is 15.4. The van der Waals surface area contributed by atoms with E-state index in [9.17, 15) is 0 Å². The summed E-state index contributed by atoms with van der Waals surface area (Å²) in [5, 5.41) is 0. The van der Waals surface area contributed by atoms with Crippen molar-refractivity contribution in [2.45, 2.75) is 220 Å². The molecule has 1 heterocycles. The van der Waals surface area contributed by atoms with Crippen LogP contribution < -0.4 is 0 Å². The maximum atomic E-state index is 2.70. The van der Waals surface area contributed by atoms with Gasteiger partial charge in [0, 0.05) is 25.5 Å². The Morgan fingerprint density at radius 2 is 0.575 bits per heavy atom. The number of hydrogen-bond acceptors (Lipinski definition) is 2. The number of unbranched alkanes of at least 4 members (excludes halogenated alkanes) is 26. The normalized spacial score (nSPS) is 15.1. The lowest BCUT2D eigenvalue weighted by molar-refractivity contribution is 0.135. The van der Waals surface area contributed by atoms with E-state index >= 15 is 0 Å². The van der Waals surface area contributed by atoms with Gasteiger partial charge in [-0.2, -0.15) is 0 Å². The Morgan fingerprint density at radius 1 is 0.325 bits per heavy atom. The average Bonchev–Trinajstić information content (AvgIpc) is 3.35. The lowest BCUT2D eigenvalue weighted by Gasteiger charge is -2.33. The molecule has 0 saturated carbocycles. The summed E-state index contributed by atoms with van der Waals surface area (Å²) in [4.78, 5) is 5.38. The second kappa shape index (κ2) is 29.8. The van der Waals surface area contributed by atoms with E-state index in [2.05, 4.69) is 43.0 Å². The molecule has 0 radical (unpaired) electrons. The van der Waals surface area contributed by atoms with Crippen molar-refractivity contribution in [3.05, 3.63) is 12.4 Å². The summed E-state index contributed by atoms with van der Waals surface area (Å²) in [5.74, 6) is 0. The molecule has 1 unspecified atom stereocenters. The Kier molecular flexibility index (Phi) is 27.9. The molecule has 2 heteroatoms. The third-order valence-corrected chi connectivity index (χ3v) is 9.32. The van der Waals surface area contributed by atoms with Gasteiger partial charge in [-0.3, -0.25) is 0 Å². The third-order valence-electron chi connectivity index (χ3n) is 9.32. The number of nitrogens with zero attached hydrogens (tertiary/aromatic N) is 2. The van der Waals surface area contributed by atoms with Crippen molar-refractivity contribution < 1.29 is 0 Å². The molecular weight excluding hydrogens is 484 g/mol. The van der Waals surface area contributed by atoms with Crippen LogP contribution >= 0.6 is 0 Å². The quantitative estimate of drug-likeness (QED) is 0.0755. The Hall–Kier alpha value is -0.660. The zero-order valence-corrected chi connectivity index (χ0v) is 28.3. The SMILES string of the molecule is CCCCCCCCCCCCCCCCN1C=CN(CCCCC)C1CCCCCCCCCCCCCC. The van der Waals surface area contributed by atoms with Crippen LogP contribution in [0.1, 0.15) is 213 Å². The molecule has 0 aromatic carbocycles. The fraction of sp³-hybridized carbons (Fsp3) is 0.947. The number of rotatable bonds is 32. The maximum Gasteiger partial charge on any atom is 0.101 e. The van der Waals surface area contributed by atoms with Gasteiger partial charge in [-0.25, -0.2) is 0 Å². The van der Waals surface area contributed by atoms with Gasteiger partial charge in [0.2, 0.25) is 0 Å². The summed E-state index contributed by atoms with van der Waals surface area (Å²) in [6, 6.07) is 0. The van der Waals surface area contributed by atoms with Gasteiger partial charge in [-0.05, 0) is 25.7 Å². The molecule has 0 aromatic heterocycles. The van der Waals surface area contributed by atoms with Gasteiger partial charge in [0.1, 0.15) is 6.17 Å². The predicted molar refractivity (Wildman–Crippen MR) is 182 cm³/mol. The van der Waals surface area contributed by atoms with Gasteiger partial charge in [-0.1, -0.05) is 188 Å². The van der Waals surface area contributed by atoms with Crippen LogP contribution in [0.4, 0.5) is 0 Å². The second-order valence-corrected chi connectivity index (χ2v) is 13.2. The van der Waals surface area contributed by atoms with Crippen molar-refractivity contribution in [3.8, 4) is 0 Å². The van der Waals surface area contributed by atoms with E-state index in [0.717, 1.165) is 0 Å². The van der Waals surface area contributed by atoms with E-state index in [1.807, 2.05) is 0 Å². The van der Waals surface area contributed by atoms with Gasteiger partial charge in [0.25, 0.3) is 0 Å². The van der Waals surface area contributed by atoms with E-state index in [1.54, 1.807) is 0 Å². The van der Waals surface area contributed by atoms with Crippen LogP contribution in [0.2, 0.25) is 0 Å². The molecule has 1 rings (SSSR count). The van der Waals surface area contributed by atoms with Crippen molar-refractivity contribution in [3.63, 3.8) is 0 Å². The first-order valence-electron chi connectivity index (χ1n) is 19.0. The Labute approximate surface area is 254 Å². The Morgan fingerprint density at radius 3 is 0.925 bits per heavy atom. The minimum absolute atomic E-state index is 0.641. The molecule has 1 aliphatic heterocycles. The molecule has 0 spiro atoms. The molecule has 0 fully saturated rings. The topological polar surface area (TPSA) is 6.48 Å². The minimum atomic E-state index is 0.641. The smallest absolute Gasteiger partial charge is 0.101 e. The molecule has 1 atom stereocenters. The first kappa shape index (κ1) is 37.4. The second-order valence-electron chi connectivity index (χ2n) is 13.2. The van der Waals surface area contributed by atoms with Gasteiger partial charge in [-0.15, -0.1) is 0 Å². The molecule has 40 heavy (non-hydrogen) atoms. The van der Waals surface area contributed by atoms with Gasteiger partial charge >= 0.3 is 0 Å². The van der Waals surface area contributed by atoms with Gasteiger partial charge < -0.3 is 9.80 Å². The molecule has 0 N–H and O–H groups in total. The monoisotopic (exact) mass is 561 g/mol. The lowest BCUT2D eigenvalue weighted by Crippen LogP contribution is -2.39. The molecule has 0 amide bonds. The fourth-order valence-electron chi connectivity index (χ4n) is 6.54. The first-order chi connectivity index (χ1) is 19.8. The van der Waals surface area contributed by atoms with Crippen molar-refractivity contribution >= 4 is 0 Å². The largest absolute Gasteiger partial charge is 0.356 e. The molecule has 0 aromatic rings. The summed E-state index contributed by atoms with van der Waals surface area (Å²) in [5.41, 5.74) is 0. The van der Waals surface area contributed by atoms with Crippen LogP contribution in [-0.2, 0) is 0 Å². The van der Waals surface area contributed by atoms with Crippen LogP contribution in [0.25, 0.3) is 0 Å². The molecule has 0 bridgehead atoms. The highest BCUT2D eigenvalue weighted by molar-refractivity contribution is 4.97. The summed E-state index contributed by atoms with van der Waals surface area (Å²) in [6.45, 7) is 9.46. The van der Waals surface area contributed by atoms with Crippen LogP contribution in [-0.4, -0.2) is 29.1 Å². The fourth-order valence-corrected chi connectivity index (χ4v) is 6.54. The highest BCUT2D eigenvalue weighted by Gasteiger charge is 2.24. The maximum absolute atomic E-state index is 2.70. The zero-order valence-electron chi connectivity index (χ0n) is 28.3. The Bertz CT molecular complexity index is 516. The highest BCUT2D eigenvalue weighted by Crippen LogP contribution is 2.24. The van der Waals surface area contributed by atoms with Crippen molar-refractivity contribution in [1.82, 2.24) is 9.80 Å². The summed E-state index contributed by atoms with van der Waals surface area (Å²) >= 11 is 0. The lowest BCUT2D eigenvalue weighted by atomic mass is 10.0. The zero-order chi connectivity index (χ0) is 28.8. The minimum Gasteiger partial charge on any atom is -0.356 e. The van der Waals surface area contributed by atoms with E-state index < -0.39 is 0 Å².